The molecule has 9 nitrogen and oxygen atoms in total. The Kier molecular flexibility index (Phi) is 4.09. The summed E-state index contributed by atoms with van der Waals surface area (Å²) in [5.74, 6) is -1.07. The number of carbonyl (C=O) groups excluding carboxylic acids is 1. The van der Waals surface area contributed by atoms with Crippen molar-refractivity contribution in [1.82, 2.24) is 4.98 Å². The van der Waals surface area contributed by atoms with Crippen LogP contribution >= 0.6 is 11.6 Å². The fraction of sp³-hybridized carbons (Fsp3) is 0.182. The number of fused-ring (bicyclic) bond motifs is 1. The molecule has 22 heavy (non-hydrogen) atoms. The number of ether oxygens (including phenoxy) is 1. The SMILES string of the molecule is CCOC(=O)c1[nH]c2c([N+](=O)[O-])cc(Cl)cc2c1S(=O)(=O)O. The number of nitro benzene ring substituents is 1. The van der Waals surface area contributed by atoms with E-state index in [1.807, 2.05) is 0 Å². The summed E-state index contributed by atoms with van der Waals surface area (Å²) < 4.78 is 37.1. The molecule has 0 aliphatic heterocycles. The average Bonchev–Trinajstić information content (AvgIpc) is 2.76. The Balaban J connectivity index is 2.95. The Bertz CT molecular complexity index is 887. The molecule has 0 radical (unpaired) electrons. The van der Waals surface area contributed by atoms with Gasteiger partial charge in [-0.05, 0) is 13.0 Å². The molecule has 1 heterocycles. The quantitative estimate of drug-likeness (QED) is 0.373. The van der Waals surface area contributed by atoms with Gasteiger partial charge < -0.3 is 9.72 Å². The molecule has 0 aliphatic rings. The van der Waals surface area contributed by atoms with Crippen LogP contribution in [-0.4, -0.2) is 35.5 Å². The number of carbonyl (C=O) groups is 1. The second-order valence-electron chi connectivity index (χ2n) is 4.13. The molecule has 1 aromatic heterocycles. The highest BCUT2D eigenvalue weighted by molar-refractivity contribution is 7.86. The average molecular weight is 349 g/mol. The maximum Gasteiger partial charge on any atom is 0.356 e. The van der Waals surface area contributed by atoms with Crippen molar-refractivity contribution in [3.63, 3.8) is 0 Å². The van der Waals surface area contributed by atoms with Gasteiger partial charge in [0, 0.05) is 16.5 Å². The van der Waals surface area contributed by atoms with Gasteiger partial charge in [0.15, 0.2) is 0 Å². The molecule has 0 unspecified atom stereocenters. The summed E-state index contributed by atoms with van der Waals surface area (Å²) in [5, 5.41) is 10.6. The number of aromatic nitrogens is 1. The second-order valence-corrected chi connectivity index (χ2v) is 5.92. The Hall–Kier alpha value is -2.17. The van der Waals surface area contributed by atoms with Crippen LogP contribution in [0.5, 0.6) is 0 Å². The van der Waals surface area contributed by atoms with Crippen LogP contribution in [0, 0.1) is 10.1 Å². The summed E-state index contributed by atoms with van der Waals surface area (Å²) in [6, 6.07) is 2.08. The number of nitro groups is 1. The number of aromatic amines is 1. The van der Waals surface area contributed by atoms with Crippen LogP contribution < -0.4 is 0 Å². The van der Waals surface area contributed by atoms with E-state index in [1.165, 1.54) is 6.92 Å². The molecule has 2 rings (SSSR count). The first-order valence-electron chi connectivity index (χ1n) is 5.81. The molecule has 0 saturated carbocycles. The van der Waals surface area contributed by atoms with E-state index in [-0.39, 0.29) is 22.5 Å². The molecule has 0 bridgehead atoms. The lowest BCUT2D eigenvalue weighted by Crippen LogP contribution is -2.10. The zero-order valence-electron chi connectivity index (χ0n) is 11.0. The first kappa shape index (κ1) is 16.2. The fourth-order valence-electron chi connectivity index (χ4n) is 1.98. The molecule has 118 valence electrons. The van der Waals surface area contributed by atoms with Gasteiger partial charge in [0.05, 0.1) is 11.5 Å². The number of benzene rings is 1. The third-order valence-electron chi connectivity index (χ3n) is 2.74. The number of H-pyrrole nitrogens is 1. The highest BCUT2D eigenvalue weighted by atomic mass is 35.5. The molecule has 1 aromatic carbocycles. The van der Waals surface area contributed by atoms with Crippen LogP contribution in [0.4, 0.5) is 5.69 Å². The number of nitrogens with zero attached hydrogens (tertiary/aromatic N) is 1. The van der Waals surface area contributed by atoms with E-state index in [0.29, 0.717) is 0 Å². The van der Waals surface area contributed by atoms with Gasteiger partial charge in [-0.25, -0.2) is 4.79 Å². The predicted molar refractivity (Wildman–Crippen MR) is 75.7 cm³/mol. The van der Waals surface area contributed by atoms with Crippen LogP contribution in [0.1, 0.15) is 17.4 Å². The molecule has 2 N–H and O–H groups in total. The van der Waals surface area contributed by atoms with E-state index in [9.17, 15) is 27.9 Å². The number of esters is 1. The van der Waals surface area contributed by atoms with E-state index in [0.717, 1.165) is 12.1 Å². The van der Waals surface area contributed by atoms with Crippen LogP contribution in [0.3, 0.4) is 0 Å². The number of halogens is 1. The Labute approximate surface area is 128 Å². The van der Waals surface area contributed by atoms with Gasteiger partial charge in [-0.1, -0.05) is 11.6 Å². The smallest absolute Gasteiger partial charge is 0.356 e. The van der Waals surface area contributed by atoms with Gasteiger partial charge in [-0.2, -0.15) is 8.42 Å². The van der Waals surface area contributed by atoms with Crippen LogP contribution in [-0.2, 0) is 14.9 Å². The van der Waals surface area contributed by atoms with Gasteiger partial charge in [0.25, 0.3) is 15.8 Å². The molecule has 0 aliphatic carbocycles. The first-order valence-corrected chi connectivity index (χ1v) is 7.62. The van der Waals surface area contributed by atoms with Crippen molar-refractivity contribution in [3.05, 3.63) is 33.0 Å². The van der Waals surface area contributed by atoms with E-state index in [1.54, 1.807) is 0 Å². The van der Waals surface area contributed by atoms with Crippen molar-refractivity contribution in [3.8, 4) is 0 Å². The van der Waals surface area contributed by atoms with Crippen LogP contribution in [0.25, 0.3) is 10.9 Å². The zero-order chi connectivity index (χ0) is 16.7. The second kappa shape index (κ2) is 5.55. The van der Waals surface area contributed by atoms with Gasteiger partial charge in [0.1, 0.15) is 16.1 Å². The molecule has 0 amide bonds. The van der Waals surface area contributed by atoms with Crippen molar-refractivity contribution >= 4 is 44.3 Å². The monoisotopic (exact) mass is 348 g/mol. The molecule has 0 spiro atoms. The lowest BCUT2D eigenvalue weighted by molar-refractivity contribution is -0.383. The van der Waals surface area contributed by atoms with Gasteiger partial charge in [-0.15, -0.1) is 0 Å². The van der Waals surface area contributed by atoms with Crippen LogP contribution in [0.2, 0.25) is 5.02 Å². The van der Waals surface area contributed by atoms with Crippen molar-refractivity contribution in [1.29, 1.82) is 0 Å². The Morgan fingerprint density at radius 2 is 2.14 bits per heavy atom. The normalized spacial score (nSPS) is 11.6. The third kappa shape index (κ3) is 2.75. The highest BCUT2D eigenvalue weighted by Crippen LogP contribution is 2.35. The zero-order valence-corrected chi connectivity index (χ0v) is 12.6. The van der Waals surface area contributed by atoms with E-state index in [2.05, 4.69) is 9.72 Å². The lowest BCUT2D eigenvalue weighted by atomic mass is 10.2. The molecule has 0 saturated heterocycles. The summed E-state index contributed by atoms with van der Waals surface area (Å²) in [7, 11) is -4.85. The number of nitrogens with one attached hydrogen (secondary N) is 1. The van der Waals surface area contributed by atoms with Gasteiger partial charge >= 0.3 is 5.97 Å². The highest BCUT2D eigenvalue weighted by Gasteiger charge is 2.31. The van der Waals surface area contributed by atoms with Crippen molar-refractivity contribution in [2.24, 2.45) is 0 Å². The minimum Gasteiger partial charge on any atom is -0.461 e. The van der Waals surface area contributed by atoms with E-state index >= 15 is 0 Å². The lowest BCUT2D eigenvalue weighted by Gasteiger charge is -2.01. The van der Waals surface area contributed by atoms with E-state index < -0.39 is 37.3 Å². The summed E-state index contributed by atoms with van der Waals surface area (Å²) in [6.45, 7) is 1.44. The molecule has 2 aromatic rings. The number of rotatable bonds is 4. The maximum atomic E-state index is 11.8. The Morgan fingerprint density at radius 1 is 1.50 bits per heavy atom. The van der Waals surface area contributed by atoms with Crippen molar-refractivity contribution in [2.75, 3.05) is 6.61 Å². The first-order chi connectivity index (χ1) is 10.2. The minimum absolute atomic E-state index is 0.0536. The molecule has 0 atom stereocenters. The molecule has 0 fully saturated rings. The number of hydrogen-bond acceptors (Lipinski definition) is 6. The number of non-ortho nitro benzene ring substituents is 1. The minimum atomic E-state index is -4.85. The number of hydrogen-bond donors (Lipinski definition) is 2. The molecular weight excluding hydrogens is 340 g/mol. The predicted octanol–water partition coefficient (Wildman–Crippen LogP) is 2.15. The summed E-state index contributed by atoms with van der Waals surface area (Å²) >= 11 is 5.73. The molecule has 11 heteroatoms. The standard InChI is InChI=1S/C11H9ClN2O7S/c1-2-21-11(15)9-10(22(18,19)20)6-3-5(12)4-7(14(16)17)8(6)13-9/h3-4,13H,2H2,1H3,(H,18,19,20). The topological polar surface area (TPSA) is 140 Å². The summed E-state index contributed by atoms with van der Waals surface area (Å²) in [6.07, 6.45) is 0. The largest absolute Gasteiger partial charge is 0.461 e. The van der Waals surface area contributed by atoms with Crippen molar-refractivity contribution < 1.29 is 27.4 Å². The maximum absolute atomic E-state index is 11.8. The Morgan fingerprint density at radius 3 is 2.64 bits per heavy atom. The summed E-state index contributed by atoms with van der Waals surface area (Å²) in [4.78, 5) is 23.6. The van der Waals surface area contributed by atoms with Crippen molar-refractivity contribution in [2.45, 2.75) is 11.8 Å². The van der Waals surface area contributed by atoms with Gasteiger partial charge in [-0.3, -0.25) is 14.7 Å². The third-order valence-corrected chi connectivity index (χ3v) is 3.90. The fourth-order valence-corrected chi connectivity index (χ4v) is 3.02. The van der Waals surface area contributed by atoms with Crippen LogP contribution in [0.15, 0.2) is 17.0 Å². The van der Waals surface area contributed by atoms with Gasteiger partial charge in [0.2, 0.25) is 0 Å². The molecular formula is C11H9ClN2O7S. The van der Waals surface area contributed by atoms with E-state index in [4.69, 9.17) is 11.6 Å². The summed E-state index contributed by atoms with van der Waals surface area (Å²) in [5.41, 5.74) is -1.40.